The fourth-order valence-electron chi connectivity index (χ4n) is 15.2. The van der Waals surface area contributed by atoms with Gasteiger partial charge in [-0.15, -0.1) is 0 Å². The van der Waals surface area contributed by atoms with E-state index in [1.807, 2.05) is 0 Å². The minimum absolute atomic E-state index is 0.0428. The summed E-state index contributed by atoms with van der Waals surface area (Å²) in [6, 6.07) is -7.24. The third-order valence-corrected chi connectivity index (χ3v) is 22.2. The summed E-state index contributed by atoms with van der Waals surface area (Å²) in [5, 5.41) is 8.20. The molecule has 4 aliphatic heterocycles. The van der Waals surface area contributed by atoms with Gasteiger partial charge in [-0.25, -0.2) is 8.78 Å². The Bertz CT molecular complexity index is 3640. The number of carbonyl (C=O) groups is 12. The van der Waals surface area contributed by atoms with E-state index in [4.69, 9.17) is 4.74 Å². The first-order chi connectivity index (χ1) is 50.3. The predicted molar refractivity (Wildman–Crippen MR) is 372 cm³/mol. The lowest BCUT2D eigenvalue weighted by Crippen LogP contribution is -2.68. The number of ether oxygens (including phenoxy) is 1. The number of hydrogen-bond donors (Lipinski definition) is 3. The molecule has 10 atom stereocenters. The lowest BCUT2D eigenvalue weighted by atomic mass is 9.74. The SMILES string of the molecule is CCO[C@@H]1C[C@H]2C(=O)NC3(CCC3)C(=O)N(C)[C@@H](C3CCCC3)C(=O)N(C)[C@H](C(=O)N3CCCC3)CC(=O)N(C)[C@@H](C)C(=O)N[C@@H]([C@@H](C)CC)C(=O)N(C)CC(=O)N(C)[C@@H]3C/C=C\CCN(C3=O)[C@@H](Cc3ccc(C(F)(F)F)cc3)C(=O)N(C)CC(=O)N[C@@H](CCc3cc(F)c(C(F)(F)F)c(F)c3)C(=O)N2C1. The number of alkyl halides is 6. The van der Waals surface area contributed by atoms with Crippen molar-refractivity contribution in [2.24, 2.45) is 11.8 Å². The molecule has 1 spiro atoms. The van der Waals surface area contributed by atoms with Crippen LogP contribution in [0, 0.1) is 23.5 Å². The Morgan fingerprint density at radius 1 is 0.654 bits per heavy atom. The van der Waals surface area contributed by atoms with Crippen molar-refractivity contribution in [3.63, 3.8) is 0 Å². The number of carbonyl (C=O) groups excluding carboxylic acids is 12. The van der Waals surface area contributed by atoms with E-state index in [0.717, 1.165) is 65.6 Å². The van der Waals surface area contributed by atoms with Gasteiger partial charge >= 0.3 is 12.4 Å². The Balaban J connectivity index is 1.21. The monoisotopic (exact) mass is 1520 g/mol. The summed E-state index contributed by atoms with van der Waals surface area (Å²) in [6.45, 7) is 4.95. The first-order valence-electron chi connectivity index (χ1n) is 36.7. The summed E-state index contributed by atoms with van der Waals surface area (Å²) >= 11 is 0. The molecule has 3 N–H and O–H groups in total. The molecule has 0 radical (unpaired) electrons. The number of benzene rings is 2. The fourth-order valence-corrected chi connectivity index (χ4v) is 15.2. The van der Waals surface area contributed by atoms with Crippen LogP contribution in [-0.4, -0.2) is 263 Å². The molecule has 2 aromatic carbocycles. The minimum Gasteiger partial charge on any atom is -0.377 e. The number of nitrogens with zero attached hydrogens (tertiary/aromatic N) is 9. The van der Waals surface area contributed by atoms with E-state index in [1.54, 1.807) is 32.9 Å². The number of fused-ring (bicyclic) bond motifs is 3. The molecule has 4 heterocycles. The third kappa shape index (κ3) is 19.6. The Morgan fingerprint density at radius 2 is 1.28 bits per heavy atom. The molecule has 6 aliphatic rings. The lowest BCUT2D eigenvalue weighted by molar-refractivity contribution is -0.158. The highest BCUT2D eigenvalue weighted by Gasteiger charge is 2.54. The van der Waals surface area contributed by atoms with E-state index >= 15 is 37.5 Å². The van der Waals surface area contributed by atoms with Crippen LogP contribution >= 0.6 is 0 Å². The van der Waals surface area contributed by atoms with Crippen LogP contribution in [0.4, 0.5) is 35.1 Å². The topological polar surface area (TPSA) is 279 Å². The van der Waals surface area contributed by atoms with Gasteiger partial charge in [-0.2, -0.15) is 26.3 Å². The smallest absolute Gasteiger partial charge is 0.377 e. The summed E-state index contributed by atoms with van der Waals surface area (Å²) in [6.07, 6.45) is -6.08. The molecule has 107 heavy (non-hydrogen) atoms. The summed E-state index contributed by atoms with van der Waals surface area (Å²) in [5.41, 5.74) is -5.23. The number of likely N-dealkylation sites (tertiary alicyclic amines) is 1. The Hall–Kier alpha value is -8.78. The average molecular weight is 1520 g/mol. The van der Waals surface area contributed by atoms with Gasteiger partial charge < -0.3 is 64.8 Å². The summed E-state index contributed by atoms with van der Waals surface area (Å²) < 4.78 is 120. The second-order valence-corrected chi connectivity index (χ2v) is 29.3. The van der Waals surface area contributed by atoms with Crippen molar-refractivity contribution in [3.8, 4) is 0 Å². The van der Waals surface area contributed by atoms with Crippen LogP contribution in [-0.2, 0) is 87.5 Å². The average Bonchev–Trinajstić information content (AvgIpc) is 1.71. The highest BCUT2D eigenvalue weighted by Crippen LogP contribution is 2.40. The number of halogens is 8. The molecule has 2 aromatic rings. The molecule has 2 bridgehead atoms. The summed E-state index contributed by atoms with van der Waals surface area (Å²) in [7, 11) is 7.82. The van der Waals surface area contributed by atoms with Gasteiger partial charge in [0.05, 0.1) is 31.2 Å². The second kappa shape index (κ2) is 35.5. The van der Waals surface area contributed by atoms with Crippen molar-refractivity contribution in [2.45, 2.75) is 209 Å². The molecule has 590 valence electrons. The summed E-state index contributed by atoms with van der Waals surface area (Å²) in [5.74, 6) is -15.0. The molecule has 0 aromatic heterocycles. The van der Waals surface area contributed by atoms with Gasteiger partial charge in [0.15, 0.2) is 0 Å². The van der Waals surface area contributed by atoms with Crippen LogP contribution in [0.3, 0.4) is 0 Å². The van der Waals surface area contributed by atoms with Crippen molar-refractivity contribution < 1.29 is 97.4 Å². The molecule has 3 saturated heterocycles. The van der Waals surface area contributed by atoms with Gasteiger partial charge in [-0.1, -0.05) is 57.4 Å². The Labute approximate surface area is 617 Å². The quantitative estimate of drug-likeness (QED) is 0.192. The number of likely N-dealkylation sites (N-methyl/N-ethyl adjacent to an activating group) is 6. The first kappa shape index (κ1) is 83.9. The van der Waals surface area contributed by atoms with Crippen LogP contribution in [0.5, 0.6) is 0 Å². The molecule has 0 unspecified atom stereocenters. The minimum atomic E-state index is -5.46. The maximum atomic E-state index is 15.5. The zero-order valence-electron chi connectivity index (χ0n) is 62.3. The third-order valence-electron chi connectivity index (χ3n) is 22.2. The van der Waals surface area contributed by atoms with Gasteiger partial charge in [0.1, 0.15) is 71.1 Å². The van der Waals surface area contributed by atoms with E-state index in [1.165, 1.54) is 52.0 Å². The normalized spacial score (nSPS) is 27.0. The van der Waals surface area contributed by atoms with Gasteiger partial charge in [0.25, 0.3) is 0 Å². The van der Waals surface area contributed by atoms with E-state index in [2.05, 4.69) is 16.0 Å². The molecular formula is C74H100F8N12O13. The van der Waals surface area contributed by atoms with Gasteiger partial charge in [0.2, 0.25) is 70.9 Å². The molecule has 12 amide bonds. The lowest BCUT2D eigenvalue weighted by Gasteiger charge is -2.46. The first-order valence-corrected chi connectivity index (χ1v) is 36.7. The molecule has 5 fully saturated rings. The predicted octanol–water partition coefficient (Wildman–Crippen LogP) is 5.25. The van der Waals surface area contributed by atoms with Gasteiger partial charge in [0, 0.05) is 87.9 Å². The maximum Gasteiger partial charge on any atom is 0.422 e. The molecule has 33 heteroatoms. The fraction of sp³-hybridized carbons (Fsp3) is 0.649. The van der Waals surface area contributed by atoms with E-state index in [9.17, 15) is 55.1 Å². The highest BCUT2D eigenvalue weighted by atomic mass is 19.4. The van der Waals surface area contributed by atoms with Crippen LogP contribution in [0.1, 0.15) is 146 Å². The molecule has 8 rings (SSSR count). The molecule has 2 aliphatic carbocycles. The van der Waals surface area contributed by atoms with Crippen molar-refractivity contribution in [1.82, 2.24) is 60.0 Å². The van der Waals surface area contributed by atoms with Crippen molar-refractivity contribution in [3.05, 3.63) is 82.4 Å². The second-order valence-electron chi connectivity index (χ2n) is 29.3. The van der Waals surface area contributed by atoms with Crippen LogP contribution < -0.4 is 16.0 Å². The van der Waals surface area contributed by atoms with Crippen LogP contribution in [0.15, 0.2) is 48.6 Å². The highest BCUT2D eigenvalue weighted by molar-refractivity contribution is 6.01. The Kier molecular flexibility index (Phi) is 27.8. The van der Waals surface area contributed by atoms with Crippen molar-refractivity contribution >= 4 is 70.9 Å². The largest absolute Gasteiger partial charge is 0.422 e. The standard InChI is InChI=1S/C74H100F8N12O13/c1-11-43(3)61-69(104)87(6)42-59(97)89(8)53-23-14-13-17-34-93(68(53)103)56(37-45-24-27-48(28-25-45)73(77,78)79)66(101)86(5)41-57(95)83-52(29-26-46-35-50(75)60(51(76)36-46)74(80,81)82)65(100)94-40-49(107-12-2)38-54(94)64(99)85-72(30-20-31-72)71(106)91(10)62(47-21-15-16-22-47)70(105)90(9)55(67(102)92-32-18-19-33-92)39-58(96)88(7)44(4)63(98)84-61/h13-14,24-25,27-28,35-36,43-44,47,49,52-56,61-62H,11-12,15-23,26,29-34,37-42H2,1-10H3,(H,83,95)(H,84,98)(H,85,99)/b14-13-/t43-,44-,49+,52-,53+,54-,55-,56-,61-,62-/m0/s1. The van der Waals surface area contributed by atoms with E-state index in [-0.39, 0.29) is 57.4 Å². The maximum absolute atomic E-state index is 15.5. The molecular weight excluding hydrogens is 1420 g/mol. The van der Waals surface area contributed by atoms with Gasteiger partial charge in [-0.05, 0) is 132 Å². The number of rotatable bonds is 11. The number of aryl methyl sites for hydroxylation is 1. The van der Waals surface area contributed by atoms with Crippen LogP contribution in [0.25, 0.3) is 0 Å². The number of nitrogens with one attached hydrogen (secondary N) is 3. The summed E-state index contributed by atoms with van der Waals surface area (Å²) in [4.78, 5) is 190. The van der Waals surface area contributed by atoms with Crippen molar-refractivity contribution in [1.29, 1.82) is 0 Å². The Morgan fingerprint density at radius 3 is 1.86 bits per heavy atom. The zero-order valence-corrected chi connectivity index (χ0v) is 62.3. The van der Waals surface area contributed by atoms with Crippen molar-refractivity contribution in [2.75, 3.05) is 88.2 Å². The number of hydrogen-bond acceptors (Lipinski definition) is 13. The van der Waals surface area contributed by atoms with Crippen LogP contribution in [0.2, 0.25) is 0 Å². The van der Waals surface area contributed by atoms with E-state index in [0.29, 0.717) is 76.6 Å². The van der Waals surface area contributed by atoms with Gasteiger partial charge in [-0.3, -0.25) is 57.5 Å². The number of amides is 12. The molecule has 2 saturated carbocycles. The van der Waals surface area contributed by atoms with E-state index < -0.39 is 222 Å². The molecule has 25 nitrogen and oxygen atoms in total. The zero-order chi connectivity index (χ0) is 78.9.